The predicted octanol–water partition coefficient (Wildman–Crippen LogP) is 1.96. The molecule has 2 heterocycles. The molecule has 0 radical (unpaired) electrons. The minimum absolute atomic E-state index is 0.0235. The fourth-order valence-electron chi connectivity index (χ4n) is 3.14. The number of carbonyl (C=O) groups is 1. The smallest absolute Gasteiger partial charge is 0.251 e. The zero-order chi connectivity index (χ0) is 15.1. The highest BCUT2D eigenvalue weighted by atomic mass is 16.7. The Bertz CT molecular complexity index is 738. The van der Waals surface area contributed by atoms with Crippen LogP contribution in [0.15, 0.2) is 24.4 Å². The molecule has 1 aromatic carbocycles. The molecular weight excluding hydrogens is 282 g/mol. The maximum Gasteiger partial charge on any atom is 0.251 e. The van der Waals surface area contributed by atoms with Crippen molar-refractivity contribution in [3.8, 4) is 11.5 Å². The molecule has 1 amide bonds. The molecule has 0 saturated heterocycles. The van der Waals surface area contributed by atoms with E-state index in [-0.39, 0.29) is 18.7 Å². The number of nitrogens with zero attached hydrogens (tertiary/aromatic N) is 2. The zero-order valence-corrected chi connectivity index (χ0v) is 12.3. The van der Waals surface area contributed by atoms with Gasteiger partial charge in [-0.3, -0.25) is 9.48 Å². The lowest BCUT2D eigenvalue weighted by atomic mass is 9.92. The summed E-state index contributed by atoms with van der Waals surface area (Å²) in [6.07, 6.45) is 4.87. The van der Waals surface area contributed by atoms with E-state index < -0.39 is 0 Å². The molecule has 1 aliphatic carbocycles. The third-order valence-electron chi connectivity index (χ3n) is 4.32. The number of hydrogen-bond acceptors (Lipinski definition) is 4. The van der Waals surface area contributed by atoms with Gasteiger partial charge in [-0.05, 0) is 37.5 Å². The largest absolute Gasteiger partial charge is 0.454 e. The predicted molar refractivity (Wildman–Crippen MR) is 78.9 cm³/mol. The summed E-state index contributed by atoms with van der Waals surface area (Å²) in [4.78, 5) is 12.5. The number of benzene rings is 1. The van der Waals surface area contributed by atoms with Crippen molar-refractivity contribution in [1.82, 2.24) is 15.1 Å². The fraction of sp³-hybridized carbons (Fsp3) is 0.375. The summed E-state index contributed by atoms with van der Waals surface area (Å²) >= 11 is 0. The molecule has 1 N–H and O–H groups in total. The van der Waals surface area contributed by atoms with Crippen LogP contribution in [-0.2, 0) is 13.5 Å². The van der Waals surface area contributed by atoms with Gasteiger partial charge in [-0.15, -0.1) is 0 Å². The van der Waals surface area contributed by atoms with E-state index in [1.165, 1.54) is 5.69 Å². The molecule has 1 aliphatic heterocycles. The molecule has 6 heteroatoms. The number of hydrogen-bond donors (Lipinski definition) is 1. The number of carbonyl (C=O) groups excluding carboxylic acids is 1. The molecule has 114 valence electrons. The van der Waals surface area contributed by atoms with E-state index in [0.717, 1.165) is 24.8 Å². The van der Waals surface area contributed by atoms with Crippen molar-refractivity contribution in [1.29, 1.82) is 0 Å². The number of fused-ring (bicyclic) bond motifs is 2. The average molecular weight is 299 g/mol. The van der Waals surface area contributed by atoms with Gasteiger partial charge in [0.25, 0.3) is 5.91 Å². The topological polar surface area (TPSA) is 65.4 Å². The Morgan fingerprint density at radius 1 is 1.36 bits per heavy atom. The van der Waals surface area contributed by atoms with Gasteiger partial charge in [0, 0.05) is 23.9 Å². The van der Waals surface area contributed by atoms with Crippen LogP contribution < -0.4 is 14.8 Å². The standard InChI is InChI=1S/C16H17N3O3/c1-19-13-4-2-3-12(11(13)8-17-19)18-16(20)10-5-6-14-15(7-10)22-9-21-14/h5-8,12H,2-4,9H2,1H3,(H,18,20)/t12-/m1/s1. The summed E-state index contributed by atoms with van der Waals surface area (Å²) in [5.41, 5.74) is 2.92. The summed E-state index contributed by atoms with van der Waals surface area (Å²) in [5, 5.41) is 7.41. The van der Waals surface area contributed by atoms with Gasteiger partial charge in [0.1, 0.15) is 0 Å². The Hall–Kier alpha value is -2.50. The molecule has 22 heavy (non-hydrogen) atoms. The van der Waals surface area contributed by atoms with E-state index in [1.54, 1.807) is 18.2 Å². The second-order valence-corrected chi connectivity index (χ2v) is 5.66. The lowest BCUT2D eigenvalue weighted by molar-refractivity contribution is 0.0932. The van der Waals surface area contributed by atoms with Crippen LogP contribution in [0.3, 0.4) is 0 Å². The summed E-state index contributed by atoms with van der Waals surface area (Å²) in [5.74, 6) is 1.21. The quantitative estimate of drug-likeness (QED) is 0.920. The monoisotopic (exact) mass is 299 g/mol. The molecule has 0 unspecified atom stereocenters. The van der Waals surface area contributed by atoms with Crippen molar-refractivity contribution in [2.75, 3.05) is 6.79 Å². The lowest BCUT2D eigenvalue weighted by Gasteiger charge is -2.23. The molecule has 2 aliphatic rings. The molecule has 2 aromatic rings. The van der Waals surface area contributed by atoms with Crippen LogP contribution in [0.5, 0.6) is 11.5 Å². The van der Waals surface area contributed by atoms with Gasteiger partial charge in [0.2, 0.25) is 6.79 Å². The first kappa shape index (κ1) is 13.2. The van der Waals surface area contributed by atoms with Crippen LogP contribution >= 0.6 is 0 Å². The molecule has 6 nitrogen and oxygen atoms in total. The first-order valence-corrected chi connectivity index (χ1v) is 7.43. The summed E-state index contributed by atoms with van der Waals surface area (Å²) in [6, 6.07) is 5.28. The number of rotatable bonds is 2. The van der Waals surface area contributed by atoms with Crippen LogP contribution in [0.25, 0.3) is 0 Å². The highest BCUT2D eigenvalue weighted by Gasteiger charge is 2.25. The highest BCUT2D eigenvalue weighted by Crippen LogP contribution is 2.33. The van der Waals surface area contributed by atoms with E-state index in [0.29, 0.717) is 17.1 Å². The van der Waals surface area contributed by atoms with Crippen LogP contribution in [0.2, 0.25) is 0 Å². The molecule has 1 atom stereocenters. The van der Waals surface area contributed by atoms with Gasteiger partial charge < -0.3 is 14.8 Å². The van der Waals surface area contributed by atoms with Crippen LogP contribution in [0, 0.1) is 0 Å². The maximum atomic E-state index is 12.5. The number of aryl methyl sites for hydroxylation is 1. The van der Waals surface area contributed by atoms with Gasteiger partial charge in [-0.1, -0.05) is 0 Å². The van der Waals surface area contributed by atoms with Crippen LogP contribution in [-0.4, -0.2) is 22.5 Å². The van der Waals surface area contributed by atoms with Crippen molar-refractivity contribution >= 4 is 5.91 Å². The van der Waals surface area contributed by atoms with E-state index in [4.69, 9.17) is 9.47 Å². The minimum atomic E-state index is -0.0972. The van der Waals surface area contributed by atoms with Gasteiger partial charge in [-0.2, -0.15) is 5.10 Å². The third-order valence-corrected chi connectivity index (χ3v) is 4.32. The number of amides is 1. The fourth-order valence-corrected chi connectivity index (χ4v) is 3.14. The van der Waals surface area contributed by atoms with Crippen molar-refractivity contribution < 1.29 is 14.3 Å². The van der Waals surface area contributed by atoms with Gasteiger partial charge >= 0.3 is 0 Å². The Kier molecular flexibility index (Phi) is 3.03. The van der Waals surface area contributed by atoms with Crippen molar-refractivity contribution in [2.45, 2.75) is 25.3 Å². The first-order valence-electron chi connectivity index (χ1n) is 7.43. The number of aromatic nitrogens is 2. The van der Waals surface area contributed by atoms with Gasteiger partial charge in [0.15, 0.2) is 11.5 Å². The van der Waals surface area contributed by atoms with E-state index in [1.807, 2.05) is 17.9 Å². The van der Waals surface area contributed by atoms with Gasteiger partial charge in [-0.25, -0.2) is 0 Å². The van der Waals surface area contributed by atoms with E-state index >= 15 is 0 Å². The molecule has 0 bridgehead atoms. The summed E-state index contributed by atoms with van der Waals surface area (Å²) in [7, 11) is 1.95. The van der Waals surface area contributed by atoms with Gasteiger partial charge in [0.05, 0.1) is 12.2 Å². The minimum Gasteiger partial charge on any atom is -0.454 e. The van der Waals surface area contributed by atoms with E-state index in [2.05, 4.69) is 10.4 Å². The Morgan fingerprint density at radius 3 is 3.14 bits per heavy atom. The van der Waals surface area contributed by atoms with Crippen molar-refractivity contribution in [2.24, 2.45) is 7.05 Å². The molecule has 0 spiro atoms. The summed E-state index contributed by atoms with van der Waals surface area (Å²) < 4.78 is 12.5. The first-order chi connectivity index (χ1) is 10.7. The molecule has 4 rings (SSSR count). The van der Waals surface area contributed by atoms with Crippen LogP contribution in [0.4, 0.5) is 0 Å². The van der Waals surface area contributed by atoms with Crippen LogP contribution in [0.1, 0.15) is 40.5 Å². The van der Waals surface area contributed by atoms with Crippen molar-refractivity contribution in [3.05, 3.63) is 41.2 Å². The second kappa shape index (κ2) is 5.05. The lowest BCUT2D eigenvalue weighted by Crippen LogP contribution is -2.30. The Labute approximate surface area is 128 Å². The number of ether oxygens (including phenoxy) is 2. The maximum absolute atomic E-state index is 12.5. The molecular formula is C16H17N3O3. The van der Waals surface area contributed by atoms with E-state index in [9.17, 15) is 4.79 Å². The third kappa shape index (κ3) is 2.11. The Balaban J connectivity index is 1.55. The Morgan fingerprint density at radius 2 is 2.23 bits per heavy atom. The second-order valence-electron chi connectivity index (χ2n) is 5.66. The summed E-state index contributed by atoms with van der Waals surface area (Å²) in [6.45, 7) is 0.210. The normalized spacial score (nSPS) is 18.9. The highest BCUT2D eigenvalue weighted by molar-refractivity contribution is 5.95. The average Bonchev–Trinajstić information content (AvgIpc) is 3.14. The molecule has 1 aromatic heterocycles. The zero-order valence-electron chi connectivity index (χ0n) is 12.3. The molecule has 0 saturated carbocycles. The van der Waals surface area contributed by atoms with Crippen molar-refractivity contribution in [3.63, 3.8) is 0 Å². The molecule has 0 fully saturated rings. The number of nitrogens with one attached hydrogen (secondary N) is 1. The SMILES string of the molecule is Cn1ncc2c1CCC[C@H]2NC(=O)c1ccc2c(c1)OCO2.